The molecule has 1 amide bonds. The van der Waals surface area contributed by atoms with Crippen LogP contribution in [0.5, 0.6) is 0 Å². The molecule has 0 aliphatic heterocycles. The minimum absolute atomic E-state index is 0.155. The number of benzene rings is 1. The molecule has 1 fully saturated rings. The molecule has 0 spiro atoms. The number of aromatic nitrogens is 2. The van der Waals surface area contributed by atoms with Crippen LogP contribution in [0, 0.1) is 11.6 Å². The minimum Gasteiger partial charge on any atom is -0.392 e. The molecule has 2 bridgehead atoms. The van der Waals surface area contributed by atoms with Gasteiger partial charge in [0, 0.05) is 6.54 Å². The van der Waals surface area contributed by atoms with Gasteiger partial charge in [0.25, 0.3) is 0 Å². The fourth-order valence-corrected chi connectivity index (χ4v) is 4.55. The maximum atomic E-state index is 14.2. The third-order valence-corrected chi connectivity index (χ3v) is 5.99. The zero-order chi connectivity index (χ0) is 21.5. The van der Waals surface area contributed by atoms with E-state index < -0.39 is 29.4 Å². The Labute approximate surface area is 173 Å². The molecular weight excluding hydrogens is 392 g/mol. The van der Waals surface area contributed by atoms with Crippen molar-refractivity contribution in [1.29, 1.82) is 0 Å². The fraction of sp³-hybridized carbons (Fsp3) is 0.500. The number of ether oxygens (including phenoxy) is 1. The zero-order valence-electron chi connectivity index (χ0n) is 17.0. The molecule has 0 radical (unpaired) electrons. The van der Waals surface area contributed by atoms with Gasteiger partial charge in [0.1, 0.15) is 23.3 Å². The first-order valence-corrected chi connectivity index (χ1v) is 10.3. The summed E-state index contributed by atoms with van der Waals surface area (Å²) in [5, 5.41) is 20.5. The molecular formula is C22H25F2N3O3. The highest BCUT2D eigenvalue weighted by Gasteiger charge is 2.53. The van der Waals surface area contributed by atoms with Gasteiger partial charge >= 0.3 is 0 Å². The number of carbonyl (C=O) groups is 1. The summed E-state index contributed by atoms with van der Waals surface area (Å²) in [6, 6.07) is 5.41. The Morgan fingerprint density at radius 1 is 1.37 bits per heavy atom. The number of carbonyl (C=O) groups excluding carboxylic acids is 1. The Balaban J connectivity index is 1.62. The van der Waals surface area contributed by atoms with Crippen molar-refractivity contribution in [2.45, 2.75) is 63.3 Å². The summed E-state index contributed by atoms with van der Waals surface area (Å²) in [4.78, 5) is 12.5. The molecule has 4 rings (SSSR count). The second kappa shape index (κ2) is 8.00. The van der Waals surface area contributed by atoms with E-state index in [9.17, 15) is 18.7 Å². The van der Waals surface area contributed by atoms with E-state index in [1.807, 2.05) is 6.92 Å². The number of aliphatic hydroxyl groups is 1. The Hall–Kier alpha value is -2.45. The average Bonchev–Trinajstić information content (AvgIpc) is 3.27. The summed E-state index contributed by atoms with van der Waals surface area (Å²) in [5.41, 5.74) is 0.791. The van der Waals surface area contributed by atoms with Crippen LogP contribution in [-0.4, -0.2) is 40.0 Å². The fourth-order valence-electron chi connectivity index (χ4n) is 4.55. The molecule has 1 aromatic heterocycles. The van der Waals surface area contributed by atoms with Gasteiger partial charge in [0.2, 0.25) is 5.91 Å². The van der Waals surface area contributed by atoms with Gasteiger partial charge in [-0.1, -0.05) is 13.0 Å². The smallest absolute Gasteiger partial charge is 0.249 e. The van der Waals surface area contributed by atoms with E-state index in [0.717, 1.165) is 12.0 Å². The zero-order valence-corrected chi connectivity index (χ0v) is 17.0. The summed E-state index contributed by atoms with van der Waals surface area (Å²) in [5.74, 6) is -1.48. The first-order chi connectivity index (χ1) is 14.3. The number of amides is 1. The maximum absolute atomic E-state index is 14.2. The van der Waals surface area contributed by atoms with Crippen molar-refractivity contribution in [3.8, 4) is 11.3 Å². The number of halogens is 2. The van der Waals surface area contributed by atoms with Crippen molar-refractivity contribution < 1.29 is 23.4 Å². The van der Waals surface area contributed by atoms with E-state index in [-0.39, 0.29) is 29.6 Å². The first kappa shape index (κ1) is 20.8. The molecule has 0 saturated heterocycles. The van der Waals surface area contributed by atoms with E-state index in [1.54, 1.807) is 13.0 Å². The van der Waals surface area contributed by atoms with Crippen LogP contribution in [0.15, 0.2) is 24.3 Å². The van der Waals surface area contributed by atoms with Gasteiger partial charge in [-0.15, -0.1) is 5.10 Å². The summed E-state index contributed by atoms with van der Waals surface area (Å²) < 4.78 is 34.7. The van der Waals surface area contributed by atoms with Crippen LogP contribution in [-0.2, 0) is 15.1 Å². The lowest BCUT2D eigenvalue weighted by molar-refractivity contribution is -0.150. The molecule has 8 heteroatoms. The Morgan fingerprint density at radius 2 is 2.10 bits per heavy atom. The number of fused-ring (bicyclic) bond motifs is 5. The number of rotatable bonds is 7. The molecule has 2 aliphatic rings. The number of hydrogen-bond acceptors (Lipinski definition) is 5. The van der Waals surface area contributed by atoms with Gasteiger partial charge in [0.05, 0.1) is 23.1 Å². The van der Waals surface area contributed by atoms with Gasteiger partial charge in [-0.05, 0) is 62.3 Å². The van der Waals surface area contributed by atoms with Crippen molar-refractivity contribution in [1.82, 2.24) is 15.5 Å². The molecule has 0 unspecified atom stereocenters. The predicted molar refractivity (Wildman–Crippen MR) is 106 cm³/mol. The van der Waals surface area contributed by atoms with Crippen molar-refractivity contribution in [2.24, 2.45) is 0 Å². The van der Waals surface area contributed by atoms with Crippen molar-refractivity contribution in [3.63, 3.8) is 0 Å². The van der Waals surface area contributed by atoms with E-state index >= 15 is 0 Å². The maximum Gasteiger partial charge on any atom is 0.249 e. The van der Waals surface area contributed by atoms with Crippen molar-refractivity contribution >= 4 is 5.91 Å². The Bertz CT molecular complexity index is 948. The van der Waals surface area contributed by atoms with Crippen LogP contribution in [0.3, 0.4) is 0 Å². The van der Waals surface area contributed by atoms with Crippen LogP contribution in [0.4, 0.5) is 8.78 Å². The highest BCUT2D eigenvalue weighted by Crippen LogP contribution is 2.57. The molecule has 30 heavy (non-hydrogen) atoms. The van der Waals surface area contributed by atoms with E-state index in [2.05, 4.69) is 15.5 Å². The largest absolute Gasteiger partial charge is 0.392 e. The monoisotopic (exact) mass is 417 g/mol. The van der Waals surface area contributed by atoms with Crippen LogP contribution in [0.25, 0.3) is 11.3 Å². The van der Waals surface area contributed by atoms with E-state index in [1.165, 1.54) is 18.2 Å². The predicted octanol–water partition coefficient (Wildman–Crippen LogP) is 3.19. The van der Waals surface area contributed by atoms with Crippen molar-refractivity contribution in [3.05, 3.63) is 47.2 Å². The third kappa shape index (κ3) is 3.58. The number of nitrogens with one attached hydrogen (secondary N) is 1. The standard InChI is InChI=1S/C22H25F2N3O3/c1-3-18(21(29)25-11-12(2)28)30-22-8-7-13(10-22)14-9-17(26-27-20(14)22)19-15(23)5-4-6-16(19)24/h4-6,9,12-13,18,28H,3,7-8,10-11H2,1-2H3,(H,25,29)/t12-,13+,18+,22+/m0/s1. The van der Waals surface area contributed by atoms with Gasteiger partial charge in [0.15, 0.2) is 0 Å². The topological polar surface area (TPSA) is 84.3 Å². The molecule has 1 saturated carbocycles. The molecule has 2 aliphatic carbocycles. The summed E-state index contributed by atoms with van der Waals surface area (Å²) in [6.45, 7) is 3.62. The third-order valence-electron chi connectivity index (χ3n) is 5.99. The highest BCUT2D eigenvalue weighted by molar-refractivity contribution is 5.80. The molecule has 160 valence electrons. The second-order valence-electron chi connectivity index (χ2n) is 8.17. The molecule has 2 N–H and O–H groups in total. The van der Waals surface area contributed by atoms with Crippen molar-refractivity contribution in [2.75, 3.05) is 6.54 Å². The summed E-state index contributed by atoms with van der Waals surface area (Å²) >= 11 is 0. The highest BCUT2D eigenvalue weighted by atomic mass is 19.1. The molecule has 4 atom stereocenters. The summed E-state index contributed by atoms with van der Waals surface area (Å²) in [7, 11) is 0. The Kier molecular flexibility index (Phi) is 5.55. The van der Waals surface area contributed by atoms with Gasteiger partial charge < -0.3 is 15.2 Å². The lowest BCUT2D eigenvalue weighted by Crippen LogP contribution is -2.43. The first-order valence-electron chi connectivity index (χ1n) is 10.3. The van der Waals surface area contributed by atoms with Gasteiger partial charge in [-0.2, -0.15) is 5.10 Å². The summed E-state index contributed by atoms with van der Waals surface area (Å²) in [6.07, 6.45) is 1.38. The molecule has 1 heterocycles. The molecule has 1 aromatic carbocycles. The van der Waals surface area contributed by atoms with Gasteiger partial charge in [-0.3, -0.25) is 4.79 Å². The van der Waals surface area contributed by atoms with Crippen LogP contribution in [0.2, 0.25) is 0 Å². The van der Waals surface area contributed by atoms with Gasteiger partial charge in [-0.25, -0.2) is 8.78 Å². The SMILES string of the molecule is CC[C@@H](O[C@]12CC[C@H](C1)c1cc(-c3c(F)cccc3F)nnc12)C(=O)NC[C@H](C)O. The Morgan fingerprint density at radius 3 is 2.77 bits per heavy atom. The average molecular weight is 417 g/mol. The number of aliphatic hydroxyl groups excluding tert-OH is 1. The van der Waals surface area contributed by atoms with Crippen LogP contribution in [0.1, 0.15) is 56.7 Å². The van der Waals surface area contributed by atoms with Crippen LogP contribution >= 0.6 is 0 Å². The van der Waals surface area contributed by atoms with Crippen LogP contribution < -0.4 is 5.32 Å². The lowest BCUT2D eigenvalue weighted by Gasteiger charge is -2.31. The number of hydrogen-bond donors (Lipinski definition) is 2. The second-order valence-corrected chi connectivity index (χ2v) is 8.17. The number of nitrogens with zero attached hydrogens (tertiary/aromatic N) is 2. The molecule has 2 aromatic rings. The quantitative estimate of drug-likeness (QED) is 0.723. The minimum atomic E-state index is -0.720. The molecule has 6 nitrogen and oxygen atoms in total. The van der Waals surface area contributed by atoms with E-state index in [4.69, 9.17) is 4.74 Å². The normalized spacial score (nSPS) is 23.8. The lowest BCUT2D eigenvalue weighted by atomic mass is 9.92. The van der Waals surface area contributed by atoms with E-state index in [0.29, 0.717) is 25.0 Å².